The van der Waals surface area contributed by atoms with Crippen LogP contribution in [0, 0.1) is 0 Å². The highest BCUT2D eigenvalue weighted by Crippen LogP contribution is 2.26. The fraction of sp³-hybridized carbons (Fsp3) is 0.600. The van der Waals surface area contributed by atoms with E-state index in [1.807, 2.05) is 0 Å². The standard InChI is InChI=1S/C15H22N2O3/c1-11(18)12-8-13(16-9-12)14(19)17-10-15(20)6-4-2-3-5-7-15/h8-9,16,20H,2-7,10H2,1H3,(H,17,19). The normalized spacial score (nSPS) is 18.3. The van der Waals surface area contributed by atoms with Gasteiger partial charge in [-0.15, -0.1) is 0 Å². The van der Waals surface area contributed by atoms with Crippen LogP contribution in [-0.4, -0.2) is 33.9 Å². The maximum atomic E-state index is 12.0. The number of carbonyl (C=O) groups is 2. The molecule has 3 N–H and O–H groups in total. The minimum atomic E-state index is -0.790. The number of nitrogens with one attached hydrogen (secondary N) is 2. The van der Waals surface area contributed by atoms with Gasteiger partial charge in [0.05, 0.1) is 5.60 Å². The Morgan fingerprint density at radius 3 is 2.50 bits per heavy atom. The van der Waals surface area contributed by atoms with Gasteiger partial charge in [0, 0.05) is 18.3 Å². The fourth-order valence-electron chi connectivity index (χ4n) is 2.63. The average Bonchev–Trinajstić information content (AvgIpc) is 2.81. The Morgan fingerprint density at radius 1 is 1.30 bits per heavy atom. The Bertz CT molecular complexity index is 485. The fourth-order valence-corrected chi connectivity index (χ4v) is 2.63. The van der Waals surface area contributed by atoms with Crippen molar-refractivity contribution in [2.45, 2.75) is 51.0 Å². The number of ketones is 1. The molecule has 1 aromatic rings. The van der Waals surface area contributed by atoms with Gasteiger partial charge in [0.2, 0.25) is 0 Å². The van der Waals surface area contributed by atoms with Crippen molar-refractivity contribution in [1.82, 2.24) is 10.3 Å². The van der Waals surface area contributed by atoms with Crippen molar-refractivity contribution < 1.29 is 14.7 Å². The lowest BCUT2D eigenvalue weighted by molar-refractivity contribution is 0.0246. The Labute approximate surface area is 118 Å². The third-order valence-corrected chi connectivity index (χ3v) is 3.95. The maximum absolute atomic E-state index is 12.0. The van der Waals surface area contributed by atoms with Gasteiger partial charge in [-0.3, -0.25) is 9.59 Å². The highest BCUT2D eigenvalue weighted by atomic mass is 16.3. The van der Waals surface area contributed by atoms with Gasteiger partial charge in [0.1, 0.15) is 5.69 Å². The van der Waals surface area contributed by atoms with E-state index in [9.17, 15) is 14.7 Å². The average molecular weight is 278 g/mol. The van der Waals surface area contributed by atoms with Crippen LogP contribution in [0.25, 0.3) is 0 Å². The van der Waals surface area contributed by atoms with Gasteiger partial charge in [-0.05, 0) is 25.8 Å². The quantitative estimate of drug-likeness (QED) is 0.582. The number of aromatic nitrogens is 1. The van der Waals surface area contributed by atoms with Gasteiger partial charge in [0.25, 0.3) is 5.91 Å². The summed E-state index contributed by atoms with van der Waals surface area (Å²) in [6.07, 6.45) is 7.29. The Kier molecular flexibility index (Phi) is 4.60. The van der Waals surface area contributed by atoms with Gasteiger partial charge in [0.15, 0.2) is 5.78 Å². The monoisotopic (exact) mass is 278 g/mol. The molecule has 20 heavy (non-hydrogen) atoms. The van der Waals surface area contributed by atoms with Crippen molar-refractivity contribution in [3.63, 3.8) is 0 Å². The van der Waals surface area contributed by atoms with E-state index in [2.05, 4.69) is 10.3 Å². The Balaban J connectivity index is 1.92. The number of hydrogen-bond acceptors (Lipinski definition) is 3. The van der Waals surface area contributed by atoms with Crippen LogP contribution in [0.4, 0.5) is 0 Å². The Hall–Kier alpha value is -1.62. The molecule has 110 valence electrons. The molecule has 0 spiro atoms. The molecule has 0 bridgehead atoms. The van der Waals surface area contributed by atoms with Crippen molar-refractivity contribution in [2.24, 2.45) is 0 Å². The Morgan fingerprint density at radius 2 is 1.95 bits per heavy atom. The lowest BCUT2D eigenvalue weighted by atomic mass is 9.94. The number of rotatable bonds is 4. The first-order valence-electron chi connectivity index (χ1n) is 7.20. The second-order valence-electron chi connectivity index (χ2n) is 5.68. The lowest BCUT2D eigenvalue weighted by Crippen LogP contribution is -2.42. The van der Waals surface area contributed by atoms with Gasteiger partial charge < -0.3 is 15.4 Å². The topological polar surface area (TPSA) is 82.2 Å². The number of amides is 1. The SMILES string of the molecule is CC(=O)c1c[nH]c(C(=O)NCC2(O)CCCCCC2)c1. The number of aromatic amines is 1. The first-order chi connectivity index (χ1) is 9.50. The number of H-pyrrole nitrogens is 1. The van der Waals surface area contributed by atoms with E-state index in [0.717, 1.165) is 38.5 Å². The molecule has 5 nitrogen and oxygen atoms in total. The summed E-state index contributed by atoms with van der Waals surface area (Å²) in [6, 6.07) is 1.54. The first kappa shape index (κ1) is 14.8. The van der Waals surface area contributed by atoms with E-state index < -0.39 is 5.60 Å². The van der Waals surface area contributed by atoms with E-state index in [0.29, 0.717) is 11.3 Å². The molecule has 1 aliphatic rings. The molecule has 1 heterocycles. The van der Waals surface area contributed by atoms with Crippen LogP contribution in [0.3, 0.4) is 0 Å². The van der Waals surface area contributed by atoms with Gasteiger partial charge >= 0.3 is 0 Å². The molecule has 0 aliphatic heterocycles. The summed E-state index contributed by atoms with van der Waals surface area (Å²) < 4.78 is 0. The molecule has 1 saturated carbocycles. The summed E-state index contributed by atoms with van der Waals surface area (Å²) in [4.78, 5) is 26.0. The van der Waals surface area contributed by atoms with Crippen LogP contribution in [0.5, 0.6) is 0 Å². The summed E-state index contributed by atoms with van der Waals surface area (Å²) in [5.41, 5.74) is 0.0538. The van der Waals surface area contributed by atoms with Crippen molar-refractivity contribution in [2.75, 3.05) is 6.54 Å². The van der Waals surface area contributed by atoms with E-state index >= 15 is 0 Å². The molecule has 1 aromatic heterocycles. The molecule has 0 atom stereocenters. The van der Waals surface area contributed by atoms with Crippen LogP contribution < -0.4 is 5.32 Å². The molecule has 1 amide bonds. The van der Waals surface area contributed by atoms with Gasteiger partial charge in [-0.2, -0.15) is 0 Å². The van der Waals surface area contributed by atoms with Crippen molar-refractivity contribution in [3.8, 4) is 0 Å². The van der Waals surface area contributed by atoms with Crippen LogP contribution in [0.15, 0.2) is 12.3 Å². The zero-order chi connectivity index (χ0) is 14.6. The molecule has 0 saturated heterocycles. The predicted octanol–water partition coefficient (Wildman–Crippen LogP) is 2.03. The van der Waals surface area contributed by atoms with Crippen LogP contribution in [-0.2, 0) is 0 Å². The highest BCUT2D eigenvalue weighted by Gasteiger charge is 2.28. The lowest BCUT2D eigenvalue weighted by Gasteiger charge is -2.26. The molecule has 0 radical (unpaired) electrons. The second-order valence-corrected chi connectivity index (χ2v) is 5.68. The second kappa shape index (κ2) is 6.22. The molecule has 1 fully saturated rings. The van der Waals surface area contributed by atoms with Crippen LogP contribution in [0.1, 0.15) is 66.3 Å². The molecule has 0 aromatic carbocycles. The van der Waals surface area contributed by atoms with Crippen LogP contribution in [0.2, 0.25) is 0 Å². The number of hydrogen-bond donors (Lipinski definition) is 3. The minimum Gasteiger partial charge on any atom is -0.388 e. The number of carbonyl (C=O) groups excluding carboxylic acids is 2. The summed E-state index contributed by atoms with van der Waals surface area (Å²) >= 11 is 0. The van der Waals surface area contributed by atoms with E-state index in [1.165, 1.54) is 19.2 Å². The van der Waals surface area contributed by atoms with E-state index in [1.54, 1.807) is 0 Å². The third-order valence-electron chi connectivity index (χ3n) is 3.95. The number of aliphatic hydroxyl groups is 1. The van der Waals surface area contributed by atoms with E-state index in [-0.39, 0.29) is 18.2 Å². The van der Waals surface area contributed by atoms with Crippen molar-refractivity contribution in [1.29, 1.82) is 0 Å². The van der Waals surface area contributed by atoms with Crippen molar-refractivity contribution in [3.05, 3.63) is 23.5 Å². The zero-order valence-electron chi connectivity index (χ0n) is 11.9. The molecule has 1 aliphatic carbocycles. The van der Waals surface area contributed by atoms with Crippen molar-refractivity contribution >= 4 is 11.7 Å². The number of Topliss-reactive ketones (excluding diaryl/α,β-unsaturated/α-hetero) is 1. The molecule has 5 heteroatoms. The predicted molar refractivity (Wildman–Crippen MR) is 75.8 cm³/mol. The zero-order valence-corrected chi connectivity index (χ0v) is 11.9. The van der Waals surface area contributed by atoms with Crippen LogP contribution >= 0.6 is 0 Å². The smallest absolute Gasteiger partial charge is 0.267 e. The summed E-state index contributed by atoms with van der Waals surface area (Å²) in [6.45, 7) is 1.72. The summed E-state index contributed by atoms with van der Waals surface area (Å²) in [7, 11) is 0. The van der Waals surface area contributed by atoms with Gasteiger partial charge in [-0.1, -0.05) is 25.7 Å². The summed E-state index contributed by atoms with van der Waals surface area (Å²) in [5, 5.41) is 13.2. The molecule has 0 unspecified atom stereocenters. The highest BCUT2D eigenvalue weighted by molar-refractivity contribution is 5.99. The third kappa shape index (κ3) is 3.70. The minimum absolute atomic E-state index is 0.0808. The molecule has 2 rings (SSSR count). The molecular weight excluding hydrogens is 256 g/mol. The molecular formula is C15H22N2O3. The first-order valence-corrected chi connectivity index (χ1v) is 7.20. The van der Waals surface area contributed by atoms with E-state index in [4.69, 9.17) is 0 Å². The maximum Gasteiger partial charge on any atom is 0.267 e. The largest absolute Gasteiger partial charge is 0.388 e. The summed E-state index contributed by atoms with van der Waals surface area (Å²) in [5.74, 6) is -0.363. The van der Waals surface area contributed by atoms with Gasteiger partial charge in [-0.25, -0.2) is 0 Å².